The molecule has 3 aromatic carbocycles. The van der Waals surface area contributed by atoms with Gasteiger partial charge in [-0.2, -0.15) is 0 Å². The van der Waals surface area contributed by atoms with Crippen molar-refractivity contribution in [2.24, 2.45) is 0 Å². The van der Waals surface area contributed by atoms with E-state index in [1.165, 1.54) is 5.56 Å². The molecule has 1 N–H and O–H groups in total. The zero-order valence-electron chi connectivity index (χ0n) is 17.1. The molecule has 158 valence electrons. The van der Waals surface area contributed by atoms with Gasteiger partial charge >= 0.3 is 0 Å². The second-order valence-electron chi connectivity index (χ2n) is 6.75. The highest BCUT2D eigenvalue weighted by Crippen LogP contribution is 2.34. The molecule has 0 amide bonds. The van der Waals surface area contributed by atoms with Crippen molar-refractivity contribution in [3.8, 4) is 17.2 Å². The Balaban J connectivity index is 1.58. The largest absolute Gasteiger partial charge is 0.496 e. The Bertz CT molecular complexity index is 963. The van der Waals surface area contributed by atoms with Crippen LogP contribution in [0, 0.1) is 0 Å². The molecule has 0 atom stereocenters. The van der Waals surface area contributed by atoms with Crippen LogP contribution in [-0.2, 0) is 19.6 Å². The molecule has 0 radical (unpaired) electrons. The highest BCUT2D eigenvalue weighted by atomic mass is 79.9. The van der Waals surface area contributed by atoms with E-state index in [0.29, 0.717) is 29.7 Å². The number of rotatable bonds is 10. The van der Waals surface area contributed by atoms with Crippen LogP contribution in [0.25, 0.3) is 0 Å². The fourth-order valence-electron chi connectivity index (χ4n) is 3.08. The lowest BCUT2D eigenvalue weighted by Gasteiger charge is -2.15. The Morgan fingerprint density at radius 1 is 0.867 bits per heavy atom. The first kappa shape index (κ1) is 22.5. The summed E-state index contributed by atoms with van der Waals surface area (Å²) in [4.78, 5) is 0. The first-order valence-electron chi connectivity index (χ1n) is 9.67. The van der Waals surface area contributed by atoms with Crippen LogP contribution in [0.5, 0.6) is 17.2 Å². The van der Waals surface area contributed by atoms with Crippen molar-refractivity contribution >= 4 is 27.5 Å². The van der Waals surface area contributed by atoms with Gasteiger partial charge in [-0.25, -0.2) is 0 Å². The van der Waals surface area contributed by atoms with Gasteiger partial charge < -0.3 is 19.5 Å². The van der Waals surface area contributed by atoms with Crippen molar-refractivity contribution in [2.75, 3.05) is 20.8 Å². The maximum absolute atomic E-state index is 5.97. The lowest BCUT2D eigenvalue weighted by atomic mass is 10.1. The monoisotopic (exact) mass is 489 g/mol. The Hall–Kier alpha value is -2.21. The van der Waals surface area contributed by atoms with Gasteiger partial charge in [0.1, 0.15) is 12.4 Å². The maximum Gasteiger partial charge on any atom is 0.162 e. The van der Waals surface area contributed by atoms with Crippen molar-refractivity contribution in [3.05, 3.63) is 86.8 Å². The van der Waals surface area contributed by atoms with E-state index in [-0.39, 0.29) is 0 Å². The van der Waals surface area contributed by atoms with Crippen LogP contribution in [0.2, 0.25) is 5.02 Å². The van der Waals surface area contributed by atoms with Crippen molar-refractivity contribution < 1.29 is 14.2 Å². The average molecular weight is 491 g/mol. The van der Waals surface area contributed by atoms with Crippen LogP contribution >= 0.6 is 27.5 Å². The lowest BCUT2D eigenvalue weighted by Crippen LogP contribution is -2.17. The number of ether oxygens (including phenoxy) is 3. The zero-order chi connectivity index (χ0) is 21.3. The highest BCUT2D eigenvalue weighted by Gasteiger charge is 2.11. The summed E-state index contributed by atoms with van der Waals surface area (Å²) in [6, 6.07) is 19.6. The molecule has 0 bridgehead atoms. The van der Waals surface area contributed by atoms with Crippen LogP contribution in [-0.4, -0.2) is 20.8 Å². The number of methoxy groups -OCH3 is 2. The molecule has 0 fully saturated rings. The van der Waals surface area contributed by atoms with Crippen molar-refractivity contribution in [3.63, 3.8) is 0 Å². The van der Waals surface area contributed by atoms with Gasteiger partial charge in [-0.05, 0) is 60.0 Å². The van der Waals surface area contributed by atoms with E-state index < -0.39 is 0 Å². The molecule has 4 nitrogen and oxygen atoms in total. The van der Waals surface area contributed by atoms with Crippen LogP contribution in [0.15, 0.2) is 65.1 Å². The highest BCUT2D eigenvalue weighted by molar-refractivity contribution is 9.10. The number of benzene rings is 3. The Morgan fingerprint density at radius 3 is 2.33 bits per heavy atom. The zero-order valence-corrected chi connectivity index (χ0v) is 19.4. The maximum atomic E-state index is 5.97. The predicted octanol–water partition coefficient (Wildman–Crippen LogP) is 6.03. The summed E-state index contributed by atoms with van der Waals surface area (Å²) in [5.41, 5.74) is 3.33. The van der Waals surface area contributed by atoms with Crippen LogP contribution < -0.4 is 19.5 Å². The van der Waals surface area contributed by atoms with E-state index in [1.54, 1.807) is 14.2 Å². The predicted molar refractivity (Wildman–Crippen MR) is 125 cm³/mol. The van der Waals surface area contributed by atoms with Gasteiger partial charge in [-0.3, -0.25) is 0 Å². The van der Waals surface area contributed by atoms with Crippen molar-refractivity contribution in [2.45, 2.75) is 19.6 Å². The quantitative estimate of drug-likeness (QED) is 0.352. The van der Waals surface area contributed by atoms with Gasteiger partial charge in [0.05, 0.1) is 14.2 Å². The molecule has 0 heterocycles. The van der Waals surface area contributed by atoms with E-state index in [9.17, 15) is 0 Å². The van der Waals surface area contributed by atoms with Gasteiger partial charge in [-0.1, -0.05) is 57.9 Å². The molecule has 0 saturated carbocycles. The molecule has 0 aliphatic rings. The van der Waals surface area contributed by atoms with Gasteiger partial charge in [-0.15, -0.1) is 0 Å². The number of para-hydroxylation sites is 1. The molecular weight excluding hydrogens is 466 g/mol. The van der Waals surface area contributed by atoms with Crippen molar-refractivity contribution in [1.29, 1.82) is 0 Å². The lowest BCUT2D eigenvalue weighted by molar-refractivity contribution is 0.284. The third-order valence-corrected chi connectivity index (χ3v) is 5.71. The topological polar surface area (TPSA) is 39.7 Å². The summed E-state index contributed by atoms with van der Waals surface area (Å²) in [5.74, 6) is 2.31. The molecule has 3 rings (SSSR count). The van der Waals surface area contributed by atoms with Crippen molar-refractivity contribution in [1.82, 2.24) is 5.32 Å². The van der Waals surface area contributed by atoms with Gasteiger partial charge in [0.25, 0.3) is 0 Å². The molecule has 0 aromatic heterocycles. The van der Waals surface area contributed by atoms with Gasteiger partial charge in [0.2, 0.25) is 0 Å². The summed E-state index contributed by atoms with van der Waals surface area (Å²) < 4.78 is 17.9. The van der Waals surface area contributed by atoms with Crippen LogP contribution in [0.4, 0.5) is 0 Å². The summed E-state index contributed by atoms with van der Waals surface area (Å²) in [5, 5.41) is 4.19. The molecule has 6 heteroatoms. The number of hydrogen-bond donors (Lipinski definition) is 1. The first-order chi connectivity index (χ1) is 14.6. The number of nitrogens with one attached hydrogen (secondary N) is 1. The van der Waals surface area contributed by atoms with E-state index in [1.807, 2.05) is 54.6 Å². The van der Waals surface area contributed by atoms with E-state index in [4.69, 9.17) is 25.8 Å². The number of halogens is 2. The molecule has 0 unspecified atom stereocenters. The van der Waals surface area contributed by atoms with Crippen LogP contribution in [0.3, 0.4) is 0 Å². The summed E-state index contributed by atoms with van der Waals surface area (Å²) in [7, 11) is 3.35. The smallest absolute Gasteiger partial charge is 0.162 e. The Labute approximate surface area is 191 Å². The fraction of sp³-hybridized carbons (Fsp3) is 0.250. The second-order valence-corrected chi connectivity index (χ2v) is 8.04. The summed E-state index contributed by atoms with van der Waals surface area (Å²) >= 11 is 9.59. The normalized spacial score (nSPS) is 10.7. The minimum absolute atomic E-state index is 0.441. The number of hydrogen-bond acceptors (Lipinski definition) is 4. The third-order valence-electron chi connectivity index (χ3n) is 4.72. The Kier molecular flexibility index (Phi) is 8.43. The summed E-state index contributed by atoms with van der Waals surface area (Å²) in [6.45, 7) is 1.99. The van der Waals surface area contributed by atoms with E-state index in [2.05, 4.69) is 27.3 Å². The van der Waals surface area contributed by atoms with Gasteiger partial charge in [0, 0.05) is 16.0 Å². The van der Waals surface area contributed by atoms with E-state index in [0.717, 1.165) is 34.3 Å². The molecule has 3 aromatic rings. The van der Waals surface area contributed by atoms with E-state index >= 15 is 0 Å². The standard InChI is InChI=1S/C24H25BrClNO3/c1-28-22-6-4-3-5-18(22)11-12-27-15-19-13-23(29-2)24(14-21(19)25)30-16-17-7-9-20(26)10-8-17/h3-10,13-14,27H,11-12,15-16H2,1-2H3. The fourth-order valence-corrected chi connectivity index (χ4v) is 3.67. The molecule has 0 spiro atoms. The Morgan fingerprint density at radius 2 is 1.60 bits per heavy atom. The first-order valence-corrected chi connectivity index (χ1v) is 10.8. The second kappa shape index (κ2) is 11.3. The average Bonchev–Trinajstić information content (AvgIpc) is 2.77. The minimum Gasteiger partial charge on any atom is -0.496 e. The minimum atomic E-state index is 0.441. The molecule has 0 saturated heterocycles. The molecule has 30 heavy (non-hydrogen) atoms. The third kappa shape index (κ3) is 6.14. The van der Waals surface area contributed by atoms with Crippen LogP contribution in [0.1, 0.15) is 16.7 Å². The summed E-state index contributed by atoms with van der Waals surface area (Å²) in [6.07, 6.45) is 0.890. The molecule has 0 aliphatic heterocycles. The molecular formula is C24H25BrClNO3. The SMILES string of the molecule is COc1ccccc1CCNCc1cc(OC)c(OCc2ccc(Cl)cc2)cc1Br. The molecule has 0 aliphatic carbocycles. The van der Waals surface area contributed by atoms with Gasteiger partial charge in [0.15, 0.2) is 11.5 Å².